The summed E-state index contributed by atoms with van der Waals surface area (Å²) < 4.78 is 11.1. The van der Waals surface area contributed by atoms with Gasteiger partial charge in [-0.25, -0.2) is 14.6 Å². The van der Waals surface area contributed by atoms with Gasteiger partial charge in [0.1, 0.15) is 67.2 Å². The van der Waals surface area contributed by atoms with Crippen molar-refractivity contribution in [3.05, 3.63) is 48.3 Å². The van der Waals surface area contributed by atoms with E-state index < -0.39 is 127 Å². The molecule has 0 unspecified atom stereocenters. The van der Waals surface area contributed by atoms with Gasteiger partial charge in [0.05, 0.1) is 17.2 Å². The predicted octanol–water partition coefficient (Wildman–Crippen LogP) is -0.865. The smallest absolute Gasteiger partial charge is 0.329 e. The summed E-state index contributed by atoms with van der Waals surface area (Å²) in [7, 11) is 5.40. The molecule has 0 saturated heterocycles. The number of carbonyl (C=O) groups is 9. The lowest BCUT2D eigenvalue weighted by molar-refractivity contribution is -0.160. The topological polar surface area (TPSA) is 273 Å². The summed E-state index contributed by atoms with van der Waals surface area (Å²) in [6, 6.07) is -3.91. The minimum absolute atomic E-state index is 0.154. The SMILES string of the molecule is CC(C)[C@H]1C(=O)OC[C@@H](NC(=O)c2cnc3ccccc3n2)C(=O)N[C@@H](C)C(=O)N(C)[C@H]2C/C=C\C[C@@H](C(=O)N1C)N(C)C(=O)[C@H](C)NC(=O)[C@H](N)COC(=O)[C@H](C(C)C)N(C)C2=O. The van der Waals surface area contributed by atoms with Gasteiger partial charge in [-0.05, 0) is 50.7 Å². The molecule has 0 fully saturated rings. The quantitative estimate of drug-likeness (QED) is 0.215. The molecule has 1 aromatic heterocycles. The van der Waals surface area contributed by atoms with Gasteiger partial charge in [0.15, 0.2) is 0 Å². The van der Waals surface area contributed by atoms with Gasteiger partial charge in [-0.15, -0.1) is 0 Å². The van der Waals surface area contributed by atoms with Gasteiger partial charge in [0.2, 0.25) is 35.4 Å². The van der Waals surface area contributed by atoms with E-state index in [1.165, 1.54) is 54.3 Å². The van der Waals surface area contributed by atoms with E-state index >= 15 is 0 Å². The van der Waals surface area contributed by atoms with Crippen molar-refractivity contribution < 1.29 is 52.6 Å². The molecule has 21 heteroatoms. The summed E-state index contributed by atoms with van der Waals surface area (Å²) in [5, 5.41) is 7.57. The number of amides is 7. The number of hydrogen-bond acceptors (Lipinski definition) is 14. The second-order valence-electron chi connectivity index (χ2n) is 16.7. The Morgan fingerprint density at radius 3 is 1.62 bits per heavy atom. The Morgan fingerprint density at radius 1 is 0.688 bits per heavy atom. The van der Waals surface area contributed by atoms with Crippen LogP contribution >= 0.6 is 0 Å². The first-order valence-corrected chi connectivity index (χ1v) is 21.0. The van der Waals surface area contributed by atoms with Crippen LogP contribution in [0.25, 0.3) is 11.0 Å². The molecule has 7 amide bonds. The van der Waals surface area contributed by atoms with E-state index in [0.29, 0.717) is 11.0 Å². The fourth-order valence-electron chi connectivity index (χ4n) is 7.54. The first-order chi connectivity index (χ1) is 30.1. The molecule has 5 N–H and O–H groups in total. The third kappa shape index (κ3) is 11.7. The number of hydrogen-bond donors (Lipinski definition) is 4. The number of nitrogens with one attached hydrogen (secondary N) is 3. The van der Waals surface area contributed by atoms with E-state index in [-0.39, 0.29) is 18.5 Å². The summed E-state index contributed by atoms with van der Waals surface area (Å²) in [5.74, 6) is -8.45. The van der Waals surface area contributed by atoms with Gasteiger partial charge in [0.25, 0.3) is 5.91 Å². The molecule has 2 aliphatic rings. The van der Waals surface area contributed by atoms with Crippen molar-refractivity contribution >= 4 is 64.3 Å². The molecule has 0 aliphatic carbocycles. The molecule has 1 aromatic carbocycles. The van der Waals surface area contributed by atoms with Crippen LogP contribution in [-0.2, 0) is 47.8 Å². The number of para-hydroxylation sites is 2. The van der Waals surface area contributed by atoms with Crippen LogP contribution in [0.3, 0.4) is 0 Å². The van der Waals surface area contributed by atoms with Gasteiger partial charge in [-0.3, -0.25) is 38.5 Å². The van der Waals surface area contributed by atoms with Crippen molar-refractivity contribution in [2.24, 2.45) is 17.6 Å². The molecule has 2 aliphatic heterocycles. The Kier molecular flexibility index (Phi) is 17.0. The van der Waals surface area contributed by atoms with E-state index in [9.17, 15) is 43.2 Å². The maximum atomic E-state index is 14.5. The number of cyclic esters (lactones) is 2. The Bertz CT molecular complexity index is 2150. The van der Waals surface area contributed by atoms with Crippen LogP contribution in [-0.4, -0.2) is 173 Å². The number of nitrogens with two attached hydrogens (primary N) is 1. The maximum Gasteiger partial charge on any atom is 0.329 e. The first-order valence-electron chi connectivity index (χ1n) is 21.0. The van der Waals surface area contributed by atoms with Crippen molar-refractivity contribution in [2.75, 3.05) is 41.4 Å². The maximum absolute atomic E-state index is 14.5. The minimum atomic E-state index is -1.62. The lowest BCUT2D eigenvalue weighted by atomic mass is 9.99. The number of benzene rings is 1. The molecule has 0 saturated carbocycles. The summed E-state index contributed by atoms with van der Waals surface area (Å²) in [4.78, 5) is 138. The summed E-state index contributed by atoms with van der Waals surface area (Å²) >= 11 is 0. The summed E-state index contributed by atoms with van der Waals surface area (Å²) in [5.41, 5.74) is 6.80. The van der Waals surface area contributed by atoms with Gasteiger partial charge < -0.3 is 50.8 Å². The lowest BCUT2D eigenvalue weighted by Gasteiger charge is -2.37. The number of nitrogens with zero attached hydrogens (tertiary/aromatic N) is 6. The molecule has 64 heavy (non-hydrogen) atoms. The molecule has 348 valence electrons. The van der Waals surface area contributed by atoms with Crippen LogP contribution < -0.4 is 21.7 Å². The van der Waals surface area contributed by atoms with E-state index in [0.717, 1.165) is 19.6 Å². The second kappa shape index (κ2) is 21.7. The minimum Gasteiger partial charge on any atom is -0.462 e. The van der Waals surface area contributed by atoms with E-state index in [4.69, 9.17) is 15.2 Å². The van der Waals surface area contributed by atoms with Crippen molar-refractivity contribution in [3.63, 3.8) is 0 Å². The fourth-order valence-corrected chi connectivity index (χ4v) is 7.54. The number of aromatic nitrogens is 2. The van der Waals surface area contributed by atoms with Crippen LogP contribution in [0, 0.1) is 11.8 Å². The average Bonchev–Trinajstić information content (AvgIpc) is 3.25. The number of esters is 2. The normalized spacial score (nSPS) is 27.5. The van der Waals surface area contributed by atoms with Crippen molar-refractivity contribution in [1.82, 2.24) is 45.5 Å². The Morgan fingerprint density at radius 2 is 1.14 bits per heavy atom. The molecule has 2 bridgehead atoms. The molecule has 0 spiro atoms. The molecule has 2 aromatic rings. The highest BCUT2D eigenvalue weighted by molar-refractivity contribution is 5.99. The van der Waals surface area contributed by atoms with Crippen LogP contribution in [0.5, 0.6) is 0 Å². The highest BCUT2D eigenvalue weighted by atomic mass is 16.5. The number of ether oxygens (including phenoxy) is 2. The van der Waals surface area contributed by atoms with Crippen LogP contribution in [0.4, 0.5) is 0 Å². The van der Waals surface area contributed by atoms with Gasteiger partial charge in [-0.2, -0.15) is 0 Å². The first kappa shape index (κ1) is 50.1. The Hall–Kier alpha value is -6.51. The zero-order valence-electron chi connectivity index (χ0n) is 37.9. The van der Waals surface area contributed by atoms with Crippen LogP contribution in [0.1, 0.15) is 64.9 Å². The summed E-state index contributed by atoms with van der Waals surface area (Å²) in [6.07, 6.45) is 3.97. The lowest BCUT2D eigenvalue weighted by Crippen LogP contribution is -2.59. The van der Waals surface area contributed by atoms with Crippen molar-refractivity contribution in [1.29, 1.82) is 0 Å². The van der Waals surface area contributed by atoms with Crippen LogP contribution in [0.2, 0.25) is 0 Å². The molecule has 21 nitrogen and oxygen atoms in total. The molecular weight excluding hydrogens is 833 g/mol. The van der Waals surface area contributed by atoms with E-state index in [1.807, 2.05) is 0 Å². The highest BCUT2D eigenvalue weighted by Gasteiger charge is 2.41. The molecule has 3 heterocycles. The molecule has 8 atom stereocenters. The predicted molar refractivity (Wildman–Crippen MR) is 230 cm³/mol. The van der Waals surface area contributed by atoms with Gasteiger partial charge in [-0.1, -0.05) is 52.0 Å². The number of likely N-dealkylation sites (N-methyl/N-ethyl adjacent to an activating group) is 4. The third-order valence-electron chi connectivity index (χ3n) is 11.3. The van der Waals surface area contributed by atoms with Crippen LogP contribution in [0.15, 0.2) is 42.6 Å². The zero-order valence-corrected chi connectivity index (χ0v) is 37.9. The van der Waals surface area contributed by atoms with Crippen molar-refractivity contribution in [2.45, 2.75) is 103 Å². The zero-order chi connectivity index (χ0) is 47.7. The second-order valence-corrected chi connectivity index (χ2v) is 16.7. The number of rotatable bonds is 4. The van der Waals surface area contributed by atoms with Crippen molar-refractivity contribution in [3.8, 4) is 0 Å². The Balaban J connectivity index is 1.84. The fraction of sp³-hybridized carbons (Fsp3) is 0.558. The third-order valence-corrected chi connectivity index (χ3v) is 11.3. The number of carbonyl (C=O) groups excluding carboxylic acids is 9. The van der Waals surface area contributed by atoms with Gasteiger partial charge in [0, 0.05) is 28.2 Å². The van der Waals surface area contributed by atoms with E-state index in [2.05, 4.69) is 25.9 Å². The standard InChI is InChI=1S/C43H60N10O11/c1-22(2)33-42(61)63-20-26(44)35(54)46-24(5)38(57)50(7)31-17-13-14-18-32(40(59)52(33)9)51(8)39(58)25(6)47-37(56)30(21-64-43(62)34(23(3)4)53(10)41(31)60)49-36(55)29-19-45-27-15-11-12-16-28(27)48-29/h11-16,19,22-26,30-34H,17-18,20-21,44H2,1-10H3,(H,46,54)(H,47,56)(H,49,55)/b14-13-/t24-,25-,26+,30+,31-,32-,33-,34-/m0/s1. The average molecular weight is 893 g/mol. The molecule has 0 radical (unpaired) electrons. The summed E-state index contributed by atoms with van der Waals surface area (Å²) in [6.45, 7) is 8.04. The van der Waals surface area contributed by atoms with Gasteiger partial charge >= 0.3 is 11.9 Å². The molecule has 4 rings (SSSR count). The number of fused-ring (bicyclic) bond motifs is 5. The Labute approximate surface area is 371 Å². The molecular formula is C43H60N10O11. The highest BCUT2D eigenvalue weighted by Crippen LogP contribution is 2.21. The van der Waals surface area contributed by atoms with E-state index in [1.54, 1.807) is 58.0 Å². The largest absolute Gasteiger partial charge is 0.462 e. The monoisotopic (exact) mass is 892 g/mol.